The van der Waals surface area contributed by atoms with E-state index in [2.05, 4.69) is 21.4 Å². The Kier molecular flexibility index (Phi) is 5.37. The van der Waals surface area contributed by atoms with Crippen LogP contribution in [0.2, 0.25) is 0 Å². The van der Waals surface area contributed by atoms with Gasteiger partial charge in [0, 0.05) is 18.8 Å². The smallest absolute Gasteiger partial charge is 0.225 e. The molecular formula is C16H21N3O2. The number of anilines is 1. The maximum absolute atomic E-state index is 5.54. The first-order valence-electron chi connectivity index (χ1n) is 7.04. The van der Waals surface area contributed by atoms with Crippen molar-refractivity contribution in [2.24, 2.45) is 0 Å². The Labute approximate surface area is 125 Å². The molecule has 0 saturated heterocycles. The topological polar surface area (TPSA) is 56.3 Å². The Morgan fingerprint density at radius 1 is 1.19 bits per heavy atom. The fourth-order valence-corrected chi connectivity index (χ4v) is 1.95. The first-order chi connectivity index (χ1) is 10.2. The predicted molar refractivity (Wildman–Crippen MR) is 83.0 cm³/mol. The molecule has 0 aliphatic carbocycles. The number of ether oxygens (including phenoxy) is 2. The quantitative estimate of drug-likeness (QED) is 0.848. The second kappa shape index (κ2) is 7.47. The van der Waals surface area contributed by atoms with Crippen LogP contribution in [-0.4, -0.2) is 29.7 Å². The summed E-state index contributed by atoms with van der Waals surface area (Å²) in [7, 11) is 1.68. The van der Waals surface area contributed by atoms with Gasteiger partial charge in [-0.05, 0) is 31.9 Å². The van der Waals surface area contributed by atoms with E-state index in [0.717, 1.165) is 24.3 Å². The third-order valence-corrected chi connectivity index (χ3v) is 2.86. The Morgan fingerprint density at radius 2 is 2.00 bits per heavy atom. The van der Waals surface area contributed by atoms with Crippen molar-refractivity contribution in [3.05, 3.63) is 42.1 Å². The molecule has 0 fully saturated rings. The van der Waals surface area contributed by atoms with Crippen molar-refractivity contribution in [2.45, 2.75) is 26.4 Å². The summed E-state index contributed by atoms with van der Waals surface area (Å²) < 4.78 is 10.9. The van der Waals surface area contributed by atoms with E-state index in [4.69, 9.17) is 9.47 Å². The fourth-order valence-electron chi connectivity index (χ4n) is 1.95. The summed E-state index contributed by atoms with van der Waals surface area (Å²) in [5, 5.41) is 3.20. The van der Waals surface area contributed by atoms with Gasteiger partial charge in [0.1, 0.15) is 5.75 Å². The minimum atomic E-state index is 0.0985. The largest absolute Gasteiger partial charge is 0.496 e. The molecule has 0 spiro atoms. The molecule has 1 N–H and O–H groups in total. The van der Waals surface area contributed by atoms with E-state index in [0.29, 0.717) is 11.8 Å². The minimum absolute atomic E-state index is 0.0985. The van der Waals surface area contributed by atoms with Gasteiger partial charge in [-0.25, -0.2) is 4.98 Å². The molecule has 2 aromatic rings. The number of hydrogen-bond acceptors (Lipinski definition) is 5. The van der Waals surface area contributed by atoms with E-state index in [-0.39, 0.29) is 6.10 Å². The van der Waals surface area contributed by atoms with Crippen LogP contribution in [0.25, 0.3) is 0 Å². The van der Waals surface area contributed by atoms with Crippen molar-refractivity contribution in [3.8, 4) is 11.6 Å². The molecule has 1 heterocycles. The van der Waals surface area contributed by atoms with Crippen LogP contribution in [0.15, 0.2) is 36.5 Å². The van der Waals surface area contributed by atoms with Gasteiger partial charge in [0.15, 0.2) is 0 Å². The van der Waals surface area contributed by atoms with Gasteiger partial charge >= 0.3 is 0 Å². The lowest BCUT2D eigenvalue weighted by Gasteiger charge is -2.11. The van der Waals surface area contributed by atoms with Gasteiger partial charge in [-0.2, -0.15) is 4.98 Å². The van der Waals surface area contributed by atoms with Crippen molar-refractivity contribution in [1.82, 2.24) is 9.97 Å². The molecule has 0 atom stereocenters. The third kappa shape index (κ3) is 4.63. The molecule has 2 rings (SSSR count). The lowest BCUT2D eigenvalue weighted by atomic mass is 10.1. The molecule has 5 nitrogen and oxygen atoms in total. The Balaban J connectivity index is 1.91. The van der Waals surface area contributed by atoms with Crippen molar-refractivity contribution in [3.63, 3.8) is 0 Å². The van der Waals surface area contributed by atoms with E-state index in [1.165, 1.54) is 0 Å². The second-order valence-corrected chi connectivity index (χ2v) is 4.87. The van der Waals surface area contributed by atoms with Crippen molar-refractivity contribution in [1.29, 1.82) is 0 Å². The zero-order valence-corrected chi connectivity index (χ0v) is 12.7. The monoisotopic (exact) mass is 287 g/mol. The van der Waals surface area contributed by atoms with E-state index >= 15 is 0 Å². The maximum Gasteiger partial charge on any atom is 0.225 e. The standard InChI is InChI=1S/C16H21N3O2/c1-12(2)21-15-9-11-18-16(19-15)17-10-8-13-6-4-5-7-14(13)20-3/h4-7,9,11-12H,8,10H2,1-3H3,(H,17,18,19). The Morgan fingerprint density at radius 3 is 2.76 bits per heavy atom. The third-order valence-electron chi connectivity index (χ3n) is 2.86. The molecule has 112 valence electrons. The second-order valence-electron chi connectivity index (χ2n) is 4.87. The number of nitrogens with zero attached hydrogens (tertiary/aromatic N) is 2. The van der Waals surface area contributed by atoms with E-state index in [1.54, 1.807) is 19.4 Å². The number of para-hydroxylation sites is 1. The average Bonchev–Trinajstić information content (AvgIpc) is 2.47. The summed E-state index contributed by atoms with van der Waals surface area (Å²) >= 11 is 0. The molecule has 0 saturated carbocycles. The first-order valence-corrected chi connectivity index (χ1v) is 7.04. The summed E-state index contributed by atoms with van der Waals surface area (Å²) in [5.41, 5.74) is 1.15. The molecule has 21 heavy (non-hydrogen) atoms. The molecule has 5 heteroatoms. The zero-order valence-electron chi connectivity index (χ0n) is 12.7. The first kappa shape index (κ1) is 15.1. The summed E-state index contributed by atoms with van der Waals surface area (Å²) in [4.78, 5) is 8.50. The molecule has 1 aromatic carbocycles. The van der Waals surface area contributed by atoms with Crippen LogP contribution in [0.4, 0.5) is 5.95 Å². The Hall–Kier alpha value is -2.30. The molecule has 0 radical (unpaired) electrons. The molecule has 0 aliphatic rings. The van der Waals surface area contributed by atoms with Gasteiger partial charge < -0.3 is 14.8 Å². The van der Waals surface area contributed by atoms with Gasteiger partial charge in [0.25, 0.3) is 0 Å². The number of methoxy groups -OCH3 is 1. The van der Waals surface area contributed by atoms with Crippen molar-refractivity contribution in [2.75, 3.05) is 19.0 Å². The normalized spacial score (nSPS) is 10.5. The molecule has 0 amide bonds. The fraction of sp³-hybridized carbons (Fsp3) is 0.375. The van der Waals surface area contributed by atoms with E-state index < -0.39 is 0 Å². The minimum Gasteiger partial charge on any atom is -0.496 e. The number of hydrogen-bond donors (Lipinski definition) is 1. The van der Waals surface area contributed by atoms with Gasteiger partial charge in [-0.15, -0.1) is 0 Å². The highest BCUT2D eigenvalue weighted by Gasteiger charge is 2.04. The SMILES string of the molecule is COc1ccccc1CCNc1nccc(OC(C)C)n1. The molecular weight excluding hydrogens is 266 g/mol. The number of aromatic nitrogens is 2. The van der Waals surface area contributed by atoms with Crippen LogP contribution in [0.3, 0.4) is 0 Å². The molecule has 1 aromatic heterocycles. The maximum atomic E-state index is 5.54. The summed E-state index contributed by atoms with van der Waals surface area (Å²) in [5.74, 6) is 2.06. The number of benzene rings is 1. The molecule has 0 bridgehead atoms. The van der Waals surface area contributed by atoms with Crippen LogP contribution in [-0.2, 0) is 6.42 Å². The van der Waals surface area contributed by atoms with Crippen LogP contribution in [0.5, 0.6) is 11.6 Å². The van der Waals surface area contributed by atoms with Gasteiger partial charge in [-0.3, -0.25) is 0 Å². The summed E-state index contributed by atoms with van der Waals surface area (Å²) in [6.07, 6.45) is 2.63. The Bertz CT molecular complexity index is 573. The van der Waals surface area contributed by atoms with Gasteiger partial charge in [0.2, 0.25) is 11.8 Å². The highest BCUT2D eigenvalue weighted by atomic mass is 16.5. The molecule has 0 unspecified atom stereocenters. The van der Waals surface area contributed by atoms with Crippen LogP contribution < -0.4 is 14.8 Å². The zero-order chi connectivity index (χ0) is 15.1. The number of rotatable bonds is 7. The van der Waals surface area contributed by atoms with Gasteiger partial charge in [0.05, 0.1) is 13.2 Å². The highest BCUT2D eigenvalue weighted by Crippen LogP contribution is 2.17. The van der Waals surface area contributed by atoms with Crippen LogP contribution >= 0.6 is 0 Å². The van der Waals surface area contributed by atoms with Crippen molar-refractivity contribution >= 4 is 5.95 Å². The lowest BCUT2D eigenvalue weighted by Crippen LogP contribution is -2.11. The number of nitrogens with one attached hydrogen (secondary N) is 1. The average molecular weight is 287 g/mol. The highest BCUT2D eigenvalue weighted by molar-refractivity contribution is 5.34. The predicted octanol–water partition coefficient (Wildman–Crippen LogP) is 2.93. The van der Waals surface area contributed by atoms with Crippen LogP contribution in [0.1, 0.15) is 19.4 Å². The van der Waals surface area contributed by atoms with E-state index in [1.807, 2.05) is 32.0 Å². The molecule has 0 aliphatic heterocycles. The van der Waals surface area contributed by atoms with Gasteiger partial charge in [-0.1, -0.05) is 18.2 Å². The van der Waals surface area contributed by atoms with E-state index in [9.17, 15) is 0 Å². The summed E-state index contributed by atoms with van der Waals surface area (Å²) in [6, 6.07) is 9.74. The van der Waals surface area contributed by atoms with Crippen molar-refractivity contribution < 1.29 is 9.47 Å². The van der Waals surface area contributed by atoms with Crippen LogP contribution in [0, 0.1) is 0 Å². The summed E-state index contributed by atoms with van der Waals surface area (Å²) in [6.45, 7) is 4.67. The lowest BCUT2D eigenvalue weighted by molar-refractivity contribution is 0.232.